The second kappa shape index (κ2) is 9.27. The van der Waals surface area contributed by atoms with E-state index in [-0.39, 0.29) is 11.9 Å². The van der Waals surface area contributed by atoms with Crippen LogP contribution < -0.4 is 14.8 Å². The third-order valence-electron chi connectivity index (χ3n) is 5.95. The van der Waals surface area contributed by atoms with Gasteiger partial charge in [-0.25, -0.2) is 0 Å². The number of nitrogens with one attached hydrogen (secondary N) is 1. The molecule has 3 aromatic rings. The van der Waals surface area contributed by atoms with E-state index < -0.39 is 0 Å². The van der Waals surface area contributed by atoms with E-state index in [0.717, 1.165) is 30.8 Å². The van der Waals surface area contributed by atoms with E-state index in [9.17, 15) is 4.79 Å². The van der Waals surface area contributed by atoms with Crippen LogP contribution in [0.5, 0.6) is 11.5 Å². The van der Waals surface area contributed by atoms with Crippen LogP contribution in [-0.4, -0.2) is 38.1 Å². The Balaban J connectivity index is 1.65. The molecule has 0 aliphatic carbocycles. The molecule has 0 saturated heterocycles. The van der Waals surface area contributed by atoms with Crippen molar-refractivity contribution in [1.29, 1.82) is 0 Å². The van der Waals surface area contributed by atoms with Crippen LogP contribution in [0.2, 0.25) is 0 Å². The highest BCUT2D eigenvalue weighted by Gasteiger charge is 2.30. The van der Waals surface area contributed by atoms with Crippen LogP contribution in [0.25, 0.3) is 0 Å². The van der Waals surface area contributed by atoms with Crippen molar-refractivity contribution in [1.82, 2.24) is 10.2 Å². The van der Waals surface area contributed by atoms with Gasteiger partial charge in [0.25, 0.3) is 5.91 Å². The molecule has 1 aromatic heterocycles. The van der Waals surface area contributed by atoms with Crippen molar-refractivity contribution in [2.45, 2.75) is 25.9 Å². The van der Waals surface area contributed by atoms with Gasteiger partial charge in [-0.3, -0.25) is 9.69 Å². The zero-order valence-corrected chi connectivity index (χ0v) is 18.2. The molecule has 0 bridgehead atoms. The number of rotatable bonds is 7. The molecule has 31 heavy (non-hydrogen) atoms. The van der Waals surface area contributed by atoms with Gasteiger partial charge in [0.1, 0.15) is 0 Å². The Morgan fingerprint density at radius 3 is 2.61 bits per heavy atom. The number of nitrogens with zero attached hydrogens (tertiary/aromatic N) is 1. The number of carbonyl (C=O) groups is 1. The highest BCUT2D eigenvalue weighted by molar-refractivity contribution is 5.91. The smallest absolute Gasteiger partial charge is 0.287 e. The molecule has 0 unspecified atom stereocenters. The van der Waals surface area contributed by atoms with E-state index in [1.165, 1.54) is 23.0 Å². The maximum Gasteiger partial charge on any atom is 0.287 e. The number of benzene rings is 2. The summed E-state index contributed by atoms with van der Waals surface area (Å²) in [5.41, 5.74) is 4.92. The van der Waals surface area contributed by atoms with E-state index in [0.29, 0.717) is 18.1 Å². The van der Waals surface area contributed by atoms with Gasteiger partial charge in [0, 0.05) is 19.6 Å². The molecule has 0 spiro atoms. The summed E-state index contributed by atoms with van der Waals surface area (Å²) in [6.07, 6.45) is 2.41. The van der Waals surface area contributed by atoms with E-state index in [1.54, 1.807) is 26.4 Å². The maximum absolute atomic E-state index is 12.5. The SMILES string of the molecule is COc1cc2c(cc1OC)[C@@H](CNC(=O)c1ccco1)N(Cc1ccccc1C)CC2. The molecule has 4 rings (SSSR count). The second-order valence-corrected chi connectivity index (χ2v) is 7.76. The van der Waals surface area contributed by atoms with Crippen molar-refractivity contribution in [3.8, 4) is 11.5 Å². The number of methoxy groups -OCH3 is 2. The molecule has 1 N–H and O–H groups in total. The first-order chi connectivity index (χ1) is 15.1. The summed E-state index contributed by atoms with van der Waals surface area (Å²) in [6, 6.07) is 15.9. The average molecular weight is 421 g/mol. The quantitative estimate of drug-likeness (QED) is 0.623. The predicted octanol–water partition coefficient (Wildman–Crippen LogP) is 4.13. The van der Waals surface area contributed by atoms with Gasteiger partial charge in [-0.05, 0) is 59.9 Å². The van der Waals surface area contributed by atoms with Gasteiger partial charge in [-0.2, -0.15) is 0 Å². The number of furan rings is 1. The number of carbonyl (C=O) groups excluding carboxylic acids is 1. The minimum atomic E-state index is -0.214. The Morgan fingerprint density at radius 1 is 1.13 bits per heavy atom. The summed E-state index contributed by atoms with van der Waals surface area (Å²) in [4.78, 5) is 15.0. The lowest BCUT2D eigenvalue weighted by Crippen LogP contribution is -2.41. The summed E-state index contributed by atoms with van der Waals surface area (Å²) in [5, 5.41) is 3.05. The van der Waals surface area contributed by atoms with Gasteiger partial charge in [-0.1, -0.05) is 24.3 Å². The van der Waals surface area contributed by atoms with Crippen molar-refractivity contribution >= 4 is 5.91 Å². The Hall–Kier alpha value is -3.25. The molecule has 1 atom stereocenters. The first-order valence-corrected chi connectivity index (χ1v) is 10.5. The zero-order valence-electron chi connectivity index (χ0n) is 18.2. The van der Waals surface area contributed by atoms with Gasteiger partial charge >= 0.3 is 0 Å². The van der Waals surface area contributed by atoms with Gasteiger partial charge in [-0.15, -0.1) is 0 Å². The zero-order chi connectivity index (χ0) is 21.8. The summed E-state index contributed by atoms with van der Waals surface area (Å²) < 4.78 is 16.3. The van der Waals surface area contributed by atoms with E-state index in [2.05, 4.69) is 47.5 Å². The molecule has 1 aliphatic rings. The predicted molar refractivity (Wildman–Crippen MR) is 119 cm³/mol. The van der Waals surface area contributed by atoms with Crippen LogP contribution in [0, 0.1) is 6.92 Å². The third kappa shape index (κ3) is 4.44. The standard InChI is InChI=1S/C25H28N2O4/c1-17-7-4-5-8-19(17)16-27-11-10-18-13-23(29-2)24(30-3)14-20(18)21(27)15-26-25(28)22-9-6-12-31-22/h4-9,12-14,21H,10-11,15-16H2,1-3H3,(H,26,28)/t21-/m1/s1. The fourth-order valence-corrected chi connectivity index (χ4v) is 4.20. The summed E-state index contributed by atoms with van der Waals surface area (Å²) in [7, 11) is 3.30. The first-order valence-electron chi connectivity index (χ1n) is 10.5. The second-order valence-electron chi connectivity index (χ2n) is 7.76. The van der Waals surface area contributed by atoms with Crippen LogP contribution in [0.4, 0.5) is 0 Å². The molecule has 1 aliphatic heterocycles. The first kappa shape index (κ1) is 21.0. The van der Waals surface area contributed by atoms with Crippen molar-refractivity contribution < 1.29 is 18.7 Å². The summed E-state index contributed by atoms with van der Waals surface area (Å²) >= 11 is 0. The maximum atomic E-state index is 12.5. The number of amides is 1. The molecule has 2 aromatic carbocycles. The summed E-state index contributed by atoms with van der Waals surface area (Å²) in [6.45, 7) is 4.29. The van der Waals surface area contributed by atoms with Gasteiger partial charge < -0.3 is 19.2 Å². The fourth-order valence-electron chi connectivity index (χ4n) is 4.20. The van der Waals surface area contributed by atoms with Gasteiger partial charge in [0.2, 0.25) is 0 Å². The molecule has 0 saturated carbocycles. The van der Waals surface area contributed by atoms with Crippen LogP contribution in [0.15, 0.2) is 59.2 Å². The fraction of sp³-hybridized carbons (Fsp3) is 0.320. The lowest BCUT2D eigenvalue weighted by Gasteiger charge is -2.38. The molecule has 162 valence electrons. The minimum Gasteiger partial charge on any atom is -0.493 e. The molecule has 1 amide bonds. The van der Waals surface area contributed by atoms with Gasteiger partial charge in [0.05, 0.1) is 26.5 Å². The number of hydrogen-bond donors (Lipinski definition) is 1. The van der Waals surface area contributed by atoms with Gasteiger partial charge in [0.15, 0.2) is 17.3 Å². The molecule has 0 radical (unpaired) electrons. The van der Waals surface area contributed by atoms with Crippen molar-refractivity contribution in [3.63, 3.8) is 0 Å². The van der Waals surface area contributed by atoms with E-state index >= 15 is 0 Å². The lowest BCUT2D eigenvalue weighted by atomic mass is 9.91. The number of fused-ring (bicyclic) bond motifs is 1. The largest absolute Gasteiger partial charge is 0.493 e. The van der Waals surface area contributed by atoms with Crippen LogP contribution >= 0.6 is 0 Å². The summed E-state index contributed by atoms with van der Waals surface area (Å²) in [5.74, 6) is 1.52. The van der Waals surface area contributed by atoms with Crippen LogP contribution in [0.3, 0.4) is 0 Å². The highest BCUT2D eigenvalue weighted by Crippen LogP contribution is 2.38. The monoisotopic (exact) mass is 420 g/mol. The number of ether oxygens (including phenoxy) is 2. The molecular weight excluding hydrogens is 392 g/mol. The average Bonchev–Trinajstić information content (AvgIpc) is 3.33. The van der Waals surface area contributed by atoms with E-state index in [4.69, 9.17) is 13.9 Å². The Kier molecular flexibility index (Phi) is 6.28. The van der Waals surface area contributed by atoms with Crippen molar-refractivity contribution in [2.75, 3.05) is 27.3 Å². The lowest BCUT2D eigenvalue weighted by molar-refractivity contribution is 0.0898. The number of aryl methyl sites for hydroxylation is 1. The van der Waals surface area contributed by atoms with Crippen LogP contribution in [-0.2, 0) is 13.0 Å². The minimum absolute atomic E-state index is 0.00192. The van der Waals surface area contributed by atoms with Crippen LogP contribution in [0.1, 0.15) is 38.9 Å². The topological polar surface area (TPSA) is 63.9 Å². The molecule has 6 nitrogen and oxygen atoms in total. The highest BCUT2D eigenvalue weighted by atomic mass is 16.5. The molecule has 6 heteroatoms. The normalized spacial score (nSPS) is 15.9. The Morgan fingerprint density at radius 2 is 1.90 bits per heavy atom. The Labute approximate surface area is 182 Å². The Bertz CT molecular complexity index is 1050. The van der Waals surface area contributed by atoms with Crippen molar-refractivity contribution in [2.24, 2.45) is 0 Å². The molecule has 0 fully saturated rings. The van der Waals surface area contributed by atoms with E-state index in [1.807, 2.05) is 6.07 Å². The number of hydrogen-bond acceptors (Lipinski definition) is 5. The van der Waals surface area contributed by atoms with Crippen molar-refractivity contribution in [3.05, 3.63) is 82.8 Å². The third-order valence-corrected chi connectivity index (χ3v) is 5.95. The molecular formula is C25H28N2O4. The molecule has 2 heterocycles.